The number of unbranched alkanes of at least 4 members (excludes halogenated alkanes) is 2. The topological polar surface area (TPSA) is 54.2 Å². The average Bonchev–Trinajstić information content (AvgIpc) is 2.80. The van der Waals surface area contributed by atoms with Gasteiger partial charge in [-0.25, -0.2) is 0 Å². The number of aliphatic imine (C=N–C) groups is 1. The van der Waals surface area contributed by atoms with Gasteiger partial charge in [-0.05, 0) is 13.3 Å². The van der Waals surface area contributed by atoms with E-state index in [1.54, 1.807) is 11.7 Å². The largest absolute Gasteiger partial charge is 0.354 e. The Bertz CT molecular complexity index is 383. The molecular formula is C14H27N5. The monoisotopic (exact) mass is 265 g/mol. The highest BCUT2D eigenvalue weighted by Crippen LogP contribution is 2.02. The lowest BCUT2D eigenvalue weighted by Crippen LogP contribution is -2.41. The number of nitrogens with zero attached hydrogens (tertiary/aromatic N) is 3. The predicted octanol–water partition coefficient (Wildman–Crippen LogP) is 2.05. The molecule has 1 rings (SSSR count). The second-order valence-electron chi connectivity index (χ2n) is 4.99. The van der Waals surface area contributed by atoms with Crippen molar-refractivity contribution in [3.05, 3.63) is 18.0 Å². The van der Waals surface area contributed by atoms with Gasteiger partial charge in [0, 0.05) is 38.4 Å². The Morgan fingerprint density at radius 3 is 2.84 bits per heavy atom. The van der Waals surface area contributed by atoms with E-state index >= 15 is 0 Å². The van der Waals surface area contributed by atoms with Crippen molar-refractivity contribution in [3.63, 3.8) is 0 Å². The Kier molecular flexibility index (Phi) is 7.00. The molecule has 108 valence electrons. The molecule has 0 aliphatic heterocycles. The van der Waals surface area contributed by atoms with Crippen molar-refractivity contribution >= 4 is 5.96 Å². The second kappa shape index (κ2) is 8.56. The summed E-state index contributed by atoms with van der Waals surface area (Å²) in [4.78, 5) is 4.25. The zero-order valence-corrected chi connectivity index (χ0v) is 12.6. The molecule has 1 aromatic heterocycles. The summed E-state index contributed by atoms with van der Waals surface area (Å²) in [6, 6.07) is 0.451. The van der Waals surface area contributed by atoms with Crippen LogP contribution in [0, 0.1) is 0 Å². The third-order valence-electron chi connectivity index (χ3n) is 3.07. The molecule has 0 radical (unpaired) electrons. The molecule has 5 heteroatoms. The molecule has 0 bridgehead atoms. The van der Waals surface area contributed by atoms with E-state index < -0.39 is 0 Å². The Labute approximate surface area is 116 Å². The lowest BCUT2D eigenvalue weighted by Gasteiger charge is -2.17. The Morgan fingerprint density at radius 2 is 2.26 bits per heavy atom. The molecule has 2 N–H and O–H groups in total. The molecule has 0 saturated carbocycles. The predicted molar refractivity (Wildman–Crippen MR) is 80.1 cm³/mol. The maximum absolute atomic E-state index is 4.25. The van der Waals surface area contributed by atoms with Gasteiger partial charge in [0.05, 0.1) is 6.20 Å². The molecule has 5 nitrogen and oxygen atoms in total. The maximum atomic E-state index is 4.25. The highest BCUT2D eigenvalue weighted by molar-refractivity contribution is 5.79. The number of rotatable bonds is 7. The summed E-state index contributed by atoms with van der Waals surface area (Å²) < 4.78 is 1.81. The Balaban J connectivity index is 2.29. The fraction of sp³-hybridized carbons (Fsp3) is 0.714. The van der Waals surface area contributed by atoms with E-state index in [2.05, 4.69) is 34.6 Å². The lowest BCUT2D eigenvalue weighted by molar-refractivity contribution is 0.546. The summed E-state index contributed by atoms with van der Waals surface area (Å²) in [7, 11) is 3.73. The van der Waals surface area contributed by atoms with Crippen molar-refractivity contribution < 1.29 is 0 Å². The molecule has 1 heterocycles. The molecule has 0 aromatic carbocycles. The van der Waals surface area contributed by atoms with E-state index in [9.17, 15) is 0 Å². The molecule has 0 saturated heterocycles. The van der Waals surface area contributed by atoms with Crippen LogP contribution in [0.5, 0.6) is 0 Å². The van der Waals surface area contributed by atoms with Crippen molar-refractivity contribution in [1.82, 2.24) is 20.4 Å². The molecule has 0 fully saturated rings. The van der Waals surface area contributed by atoms with Gasteiger partial charge in [0.2, 0.25) is 0 Å². The van der Waals surface area contributed by atoms with Gasteiger partial charge in [-0.1, -0.05) is 26.2 Å². The molecule has 19 heavy (non-hydrogen) atoms. The second-order valence-corrected chi connectivity index (χ2v) is 4.99. The number of hydrogen-bond donors (Lipinski definition) is 2. The summed E-state index contributed by atoms with van der Waals surface area (Å²) >= 11 is 0. The first-order valence-corrected chi connectivity index (χ1v) is 7.10. The molecule has 0 aliphatic rings. The van der Waals surface area contributed by atoms with Gasteiger partial charge in [0.25, 0.3) is 0 Å². The highest BCUT2D eigenvalue weighted by Gasteiger charge is 2.05. The third-order valence-corrected chi connectivity index (χ3v) is 3.07. The van der Waals surface area contributed by atoms with Gasteiger partial charge in [-0.2, -0.15) is 5.10 Å². The van der Waals surface area contributed by atoms with E-state index in [1.807, 2.05) is 19.4 Å². The van der Waals surface area contributed by atoms with Crippen LogP contribution < -0.4 is 10.6 Å². The first-order valence-electron chi connectivity index (χ1n) is 7.10. The van der Waals surface area contributed by atoms with Crippen molar-refractivity contribution in [2.75, 3.05) is 7.05 Å². The van der Waals surface area contributed by atoms with Crippen LogP contribution >= 0.6 is 0 Å². The summed E-state index contributed by atoms with van der Waals surface area (Å²) in [5.74, 6) is 0.854. The zero-order valence-electron chi connectivity index (χ0n) is 12.6. The van der Waals surface area contributed by atoms with Crippen LogP contribution in [-0.4, -0.2) is 28.8 Å². The molecule has 1 unspecified atom stereocenters. The average molecular weight is 265 g/mol. The molecule has 0 spiro atoms. The molecule has 0 aliphatic carbocycles. The quantitative estimate of drug-likeness (QED) is 0.451. The number of aryl methyl sites for hydroxylation is 1. The molecule has 0 amide bonds. The number of guanidine groups is 1. The van der Waals surface area contributed by atoms with Crippen LogP contribution in [0.4, 0.5) is 0 Å². The first kappa shape index (κ1) is 15.5. The zero-order chi connectivity index (χ0) is 14.1. The Morgan fingerprint density at radius 1 is 1.47 bits per heavy atom. The van der Waals surface area contributed by atoms with Crippen LogP contribution in [0.1, 0.15) is 45.1 Å². The minimum atomic E-state index is 0.451. The van der Waals surface area contributed by atoms with Crippen molar-refractivity contribution in [1.29, 1.82) is 0 Å². The van der Waals surface area contributed by atoms with Crippen molar-refractivity contribution in [2.45, 2.75) is 52.1 Å². The summed E-state index contributed by atoms with van der Waals surface area (Å²) in [6.07, 6.45) is 8.88. The normalized spacial score (nSPS) is 13.4. The fourth-order valence-electron chi connectivity index (χ4n) is 1.95. The number of nitrogens with one attached hydrogen (secondary N) is 2. The summed E-state index contributed by atoms with van der Waals surface area (Å²) in [5.41, 5.74) is 1.16. The van der Waals surface area contributed by atoms with Crippen LogP contribution in [0.15, 0.2) is 17.4 Å². The van der Waals surface area contributed by atoms with E-state index in [1.165, 1.54) is 25.7 Å². The van der Waals surface area contributed by atoms with Gasteiger partial charge >= 0.3 is 0 Å². The molecule has 1 atom stereocenters. The summed E-state index contributed by atoms with van der Waals surface area (Å²) in [6.45, 7) is 5.17. The van der Waals surface area contributed by atoms with E-state index in [0.717, 1.165) is 18.1 Å². The standard InChI is InChI=1S/C14H27N5/c1-5-6-7-8-12(2)18-14(15-3)16-9-13-10-17-19(4)11-13/h10-12H,5-9H2,1-4H3,(H2,15,16,18). The first-order chi connectivity index (χ1) is 9.15. The minimum Gasteiger partial charge on any atom is -0.354 e. The highest BCUT2D eigenvalue weighted by atomic mass is 15.2. The van der Waals surface area contributed by atoms with E-state index in [4.69, 9.17) is 0 Å². The van der Waals surface area contributed by atoms with Crippen LogP contribution in [0.3, 0.4) is 0 Å². The number of hydrogen-bond acceptors (Lipinski definition) is 2. The van der Waals surface area contributed by atoms with Gasteiger partial charge in [-0.3, -0.25) is 9.67 Å². The van der Waals surface area contributed by atoms with Crippen molar-refractivity contribution in [2.24, 2.45) is 12.0 Å². The van der Waals surface area contributed by atoms with Crippen molar-refractivity contribution in [3.8, 4) is 0 Å². The molecular weight excluding hydrogens is 238 g/mol. The van der Waals surface area contributed by atoms with E-state index in [0.29, 0.717) is 6.04 Å². The van der Waals surface area contributed by atoms with Gasteiger partial charge in [-0.15, -0.1) is 0 Å². The van der Waals surface area contributed by atoms with Gasteiger partial charge in [0.1, 0.15) is 0 Å². The Hall–Kier alpha value is -1.52. The lowest BCUT2D eigenvalue weighted by atomic mass is 10.1. The van der Waals surface area contributed by atoms with Crippen LogP contribution in [-0.2, 0) is 13.6 Å². The smallest absolute Gasteiger partial charge is 0.191 e. The summed E-state index contributed by atoms with van der Waals surface area (Å²) in [5, 5.41) is 10.9. The SMILES string of the molecule is CCCCCC(C)NC(=NC)NCc1cnn(C)c1. The molecule has 1 aromatic rings. The fourth-order valence-corrected chi connectivity index (χ4v) is 1.95. The van der Waals surface area contributed by atoms with Gasteiger partial charge in [0.15, 0.2) is 5.96 Å². The van der Waals surface area contributed by atoms with Gasteiger partial charge < -0.3 is 10.6 Å². The maximum Gasteiger partial charge on any atom is 0.191 e. The number of aromatic nitrogens is 2. The van der Waals surface area contributed by atoms with Crippen LogP contribution in [0.25, 0.3) is 0 Å². The minimum absolute atomic E-state index is 0.451. The van der Waals surface area contributed by atoms with E-state index in [-0.39, 0.29) is 0 Å². The van der Waals surface area contributed by atoms with Crippen LogP contribution in [0.2, 0.25) is 0 Å². The third kappa shape index (κ3) is 6.27.